The highest BCUT2D eigenvalue weighted by molar-refractivity contribution is 5.45. The Morgan fingerprint density at radius 2 is 1.83 bits per heavy atom. The van der Waals surface area contributed by atoms with Crippen LogP contribution in [0.4, 0.5) is 4.39 Å². The van der Waals surface area contributed by atoms with Gasteiger partial charge < -0.3 is 33.8 Å². The summed E-state index contributed by atoms with van der Waals surface area (Å²) in [5.41, 5.74) is 3.86. The van der Waals surface area contributed by atoms with Gasteiger partial charge in [-0.3, -0.25) is 0 Å². The number of piperidine rings is 1. The van der Waals surface area contributed by atoms with E-state index in [1.807, 2.05) is 6.07 Å². The summed E-state index contributed by atoms with van der Waals surface area (Å²) < 4.78 is 15.3. The molecule has 1 heterocycles. The fraction of sp³-hybridized carbons (Fsp3) is 0.538. The molecule has 1 aliphatic heterocycles. The second-order valence-corrected chi connectivity index (χ2v) is 9.01. The van der Waals surface area contributed by atoms with Crippen molar-refractivity contribution in [3.63, 3.8) is 0 Å². The zero-order valence-corrected chi connectivity index (χ0v) is 20.6. The van der Waals surface area contributed by atoms with Crippen LogP contribution in [0.5, 0.6) is 0 Å². The summed E-state index contributed by atoms with van der Waals surface area (Å²) in [4.78, 5) is 0. The van der Waals surface area contributed by atoms with Crippen LogP contribution in [-0.4, -0.2) is 42.7 Å². The molecule has 3 atom stereocenters. The normalized spacial score (nSPS) is 24.8. The van der Waals surface area contributed by atoms with Crippen LogP contribution in [-0.2, 0) is 6.42 Å². The van der Waals surface area contributed by atoms with Gasteiger partial charge in [-0.05, 0) is 68.4 Å². The minimum atomic E-state index is -0.138. The maximum absolute atomic E-state index is 14.0. The first kappa shape index (κ1) is 23.7. The Balaban J connectivity index is 0.00000256. The van der Waals surface area contributed by atoms with E-state index in [0.29, 0.717) is 6.04 Å². The summed E-state index contributed by atoms with van der Waals surface area (Å²) in [6, 6.07) is 17.0. The second-order valence-electron chi connectivity index (χ2n) is 9.01. The Bertz CT molecular complexity index is 820. The van der Waals surface area contributed by atoms with Crippen LogP contribution in [0, 0.1) is 5.82 Å². The van der Waals surface area contributed by atoms with Crippen molar-refractivity contribution < 1.29 is 32.9 Å². The molecular weight excluding hydrogens is 486 g/mol. The number of likely N-dealkylation sites (tertiary alicyclic amines) is 1. The highest BCUT2D eigenvalue weighted by Crippen LogP contribution is 2.38. The number of quaternary nitrogens is 1. The molecule has 0 aromatic heterocycles. The molecule has 4 rings (SSSR count). The zero-order valence-electron chi connectivity index (χ0n) is 18.4. The average molecular weight is 522 g/mol. The van der Waals surface area contributed by atoms with Crippen LogP contribution in [0.25, 0.3) is 0 Å². The van der Waals surface area contributed by atoms with Crippen molar-refractivity contribution >= 4 is 0 Å². The van der Waals surface area contributed by atoms with E-state index in [9.17, 15) is 4.39 Å². The number of hydrogen-bond donors (Lipinski definition) is 1. The molecule has 2 aromatic carbocycles. The Hall–Kier alpha value is -0.980. The smallest absolute Gasteiger partial charge is 0.123 e. The fourth-order valence-electron chi connectivity index (χ4n) is 6.07. The first-order valence-electron chi connectivity index (χ1n) is 11.6. The molecule has 4 heteroatoms. The third-order valence-corrected chi connectivity index (χ3v) is 7.75. The van der Waals surface area contributed by atoms with Gasteiger partial charge in [-0.25, -0.2) is 4.39 Å². The minimum absolute atomic E-state index is 0. The fourth-order valence-corrected chi connectivity index (χ4v) is 6.07. The maximum Gasteiger partial charge on any atom is 0.123 e. The Kier molecular flexibility index (Phi) is 8.33. The highest BCUT2D eigenvalue weighted by atomic mass is 127. The molecule has 0 bridgehead atoms. The molecule has 0 saturated carbocycles. The summed E-state index contributed by atoms with van der Waals surface area (Å²) in [7, 11) is 0. The van der Waals surface area contributed by atoms with Crippen LogP contribution in [0.3, 0.4) is 0 Å². The molecule has 0 spiro atoms. The van der Waals surface area contributed by atoms with Crippen LogP contribution < -0.4 is 29.3 Å². The van der Waals surface area contributed by atoms with Crippen LogP contribution >= 0.6 is 0 Å². The molecule has 1 saturated heterocycles. The van der Waals surface area contributed by atoms with Gasteiger partial charge in [0, 0.05) is 24.9 Å². The highest BCUT2D eigenvalue weighted by Gasteiger charge is 2.37. The van der Waals surface area contributed by atoms with E-state index in [-0.39, 0.29) is 35.7 Å². The van der Waals surface area contributed by atoms with Crippen molar-refractivity contribution in [1.29, 1.82) is 0 Å². The lowest BCUT2D eigenvalue weighted by Crippen LogP contribution is -3.00. The van der Waals surface area contributed by atoms with Crippen molar-refractivity contribution in [1.82, 2.24) is 5.32 Å². The summed E-state index contributed by atoms with van der Waals surface area (Å²) in [5.74, 6) is 0.102. The lowest BCUT2D eigenvalue weighted by Gasteiger charge is -2.47. The molecule has 2 nitrogen and oxygen atoms in total. The monoisotopic (exact) mass is 522 g/mol. The molecule has 2 aromatic rings. The summed E-state index contributed by atoms with van der Waals surface area (Å²) >= 11 is 0. The Morgan fingerprint density at radius 1 is 1.03 bits per heavy atom. The largest absolute Gasteiger partial charge is 1.00 e. The number of benzene rings is 2. The van der Waals surface area contributed by atoms with Crippen LogP contribution in [0.1, 0.15) is 62.1 Å². The van der Waals surface area contributed by atoms with Gasteiger partial charge in [-0.2, -0.15) is 0 Å². The lowest BCUT2D eigenvalue weighted by molar-refractivity contribution is -0.953. The van der Waals surface area contributed by atoms with E-state index < -0.39 is 0 Å². The minimum Gasteiger partial charge on any atom is -1.00 e. The predicted octanol–water partition coefficient (Wildman–Crippen LogP) is 2.28. The topological polar surface area (TPSA) is 12.0 Å². The van der Waals surface area contributed by atoms with Crippen molar-refractivity contribution in [2.75, 3.05) is 26.2 Å². The van der Waals surface area contributed by atoms with Crippen molar-refractivity contribution in [3.8, 4) is 0 Å². The van der Waals surface area contributed by atoms with E-state index in [1.165, 1.54) is 60.9 Å². The van der Waals surface area contributed by atoms with Crippen LogP contribution in [0.15, 0.2) is 48.5 Å². The predicted molar refractivity (Wildman–Crippen MR) is 119 cm³/mol. The number of hydrogen-bond acceptors (Lipinski definition) is 1. The van der Waals surface area contributed by atoms with Gasteiger partial charge in [0.2, 0.25) is 0 Å². The number of fused-ring (bicyclic) bond motifs is 1. The molecule has 1 aliphatic carbocycles. The second kappa shape index (κ2) is 10.6. The molecule has 1 fully saturated rings. The number of nitrogens with one attached hydrogen (secondary N) is 1. The molecule has 2 aliphatic rings. The van der Waals surface area contributed by atoms with Crippen LogP contribution in [0.2, 0.25) is 0 Å². The molecule has 0 radical (unpaired) electrons. The SMILES string of the molecule is CC[N+]1(CC)CCCCC1CCNC1Cc2ccccc2C1c1cccc(F)c1.[I-]. The third-order valence-electron chi connectivity index (χ3n) is 7.75. The van der Waals surface area contributed by atoms with Crippen molar-refractivity contribution in [2.45, 2.75) is 64.0 Å². The average Bonchev–Trinajstić information content (AvgIpc) is 3.12. The Morgan fingerprint density at radius 3 is 2.60 bits per heavy atom. The molecule has 164 valence electrons. The van der Waals surface area contributed by atoms with Crippen molar-refractivity contribution in [3.05, 3.63) is 71.0 Å². The third kappa shape index (κ3) is 4.76. The molecule has 1 N–H and O–H groups in total. The van der Waals surface area contributed by atoms with Gasteiger partial charge in [0.15, 0.2) is 0 Å². The standard InChI is InChI=1S/C26H36FN2.HI/c1-3-29(4-2)17-8-7-13-23(29)15-16-28-25-19-20-10-5-6-14-24(20)26(25)21-11-9-12-22(27)18-21;/h5-6,9-12,14,18,23,25-26,28H,3-4,7-8,13,15-17,19H2,1-2H3;1H/q+1;/p-1. The lowest BCUT2D eigenvalue weighted by atomic mass is 9.89. The summed E-state index contributed by atoms with van der Waals surface area (Å²) in [5, 5.41) is 3.90. The summed E-state index contributed by atoms with van der Waals surface area (Å²) in [6.45, 7) is 9.63. The number of halogens is 2. The zero-order chi connectivity index (χ0) is 20.3. The Labute approximate surface area is 198 Å². The van der Waals surface area contributed by atoms with Gasteiger partial charge in [0.25, 0.3) is 0 Å². The molecule has 0 amide bonds. The molecule has 3 unspecified atom stereocenters. The van der Waals surface area contributed by atoms with E-state index in [4.69, 9.17) is 0 Å². The quantitative estimate of drug-likeness (QED) is 0.435. The van der Waals surface area contributed by atoms with Gasteiger partial charge >= 0.3 is 0 Å². The van der Waals surface area contributed by atoms with E-state index >= 15 is 0 Å². The van der Waals surface area contributed by atoms with E-state index in [0.717, 1.165) is 24.6 Å². The van der Waals surface area contributed by atoms with Gasteiger partial charge in [0.1, 0.15) is 5.82 Å². The first-order chi connectivity index (χ1) is 14.2. The molecular formula is C26H36FIN2. The first-order valence-corrected chi connectivity index (χ1v) is 11.6. The van der Waals surface area contributed by atoms with E-state index in [2.05, 4.69) is 49.5 Å². The van der Waals surface area contributed by atoms with Gasteiger partial charge in [-0.15, -0.1) is 0 Å². The number of rotatable bonds is 7. The molecule has 30 heavy (non-hydrogen) atoms. The van der Waals surface area contributed by atoms with Gasteiger partial charge in [0.05, 0.1) is 25.7 Å². The summed E-state index contributed by atoms with van der Waals surface area (Å²) in [6.07, 6.45) is 6.40. The maximum atomic E-state index is 14.0. The number of nitrogens with zero attached hydrogens (tertiary/aromatic N) is 1. The van der Waals surface area contributed by atoms with E-state index in [1.54, 1.807) is 12.1 Å². The van der Waals surface area contributed by atoms with Crippen molar-refractivity contribution in [2.24, 2.45) is 0 Å². The van der Waals surface area contributed by atoms with Gasteiger partial charge in [-0.1, -0.05) is 36.4 Å².